The Bertz CT molecular complexity index is 1180. The van der Waals surface area contributed by atoms with Crippen LogP contribution in [0.2, 0.25) is 0 Å². The van der Waals surface area contributed by atoms with Crippen molar-refractivity contribution in [2.45, 2.75) is 19.8 Å². The molecular formula is C20H19N5O2. The Morgan fingerprint density at radius 3 is 2.81 bits per heavy atom. The Morgan fingerprint density at radius 2 is 2.00 bits per heavy atom. The van der Waals surface area contributed by atoms with Crippen molar-refractivity contribution in [3.05, 3.63) is 75.7 Å². The average molecular weight is 361 g/mol. The lowest BCUT2D eigenvalue weighted by atomic mass is 10.1. The molecule has 7 nitrogen and oxygen atoms in total. The fourth-order valence-corrected chi connectivity index (χ4v) is 3.15. The van der Waals surface area contributed by atoms with Crippen molar-refractivity contribution in [2.75, 3.05) is 6.54 Å². The molecule has 4 aromatic rings. The normalized spacial score (nSPS) is 11.1. The molecule has 0 aliphatic rings. The number of aromatic nitrogens is 4. The van der Waals surface area contributed by atoms with Crippen LogP contribution in [0.1, 0.15) is 28.0 Å². The van der Waals surface area contributed by atoms with Gasteiger partial charge in [0.15, 0.2) is 11.2 Å². The number of amides is 1. The molecule has 0 saturated carbocycles. The first-order chi connectivity index (χ1) is 13.1. The number of hydrogen-bond donors (Lipinski definition) is 2. The van der Waals surface area contributed by atoms with Crippen molar-refractivity contribution in [3.8, 4) is 0 Å². The minimum atomic E-state index is -0.393. The van der Waals surface area contributed by atoms with Crippen LogP contribution < -0.4 is 10.9 Å². The van der Waals surface area contributed by atoms with Crippen LogP contribution in [0.15, 0.2) is 53.3 Å². The summed E-state index contributed by atoms with van der Waals surface area (Å²) in [5, 5.41) is 10.8. The van der Waals surface area contributed by atoms with Crippen molar-refractivity contribution < 1.29 is 4.79 Å². The van der Waals surface area contributed by atoms with Crippen molar-refractivity contribution in [1.29, 1.82) is 0 Å². The molecule has 0 bridgehead atoms. The number of nitrogens with zero attached hydrogens (tertiary/aromatic N) is 3. The molecule has 2 heterocycles. The zero-order chi connectivity index (χ0) is 18.8. The second-order valence-electron chi connectivity index (χ2n) is 6.52. The number of carbonyl (C=O) groups is 1. The van der Waals surface area contributed by atoms with Gasteiger partial charge < -0.3 is 10.3 Å². The van der Waals surface area contributed by atoms with Gasteiger partial charge in [0.05, 0.1) is 11.0 Å². The maximum Gasteiger partial charge on any atom is 0.277 e. The van der Waals surface area contributed by atoms with Crippen LogP contribution in [-0.4, -0.2) is 32.3 Å². The molecule has 2 N–H and O–H groups in total. The molecular weight excluding hydrogens is 342 g/mol. The molecule has 0 radical (unpaired) electrons. The Hall–Kier alpha value is -3.48. The van der Waals surface area contributed by atoms with Gasteiger partial charge >= 0.3 is 0 Å². The van der Waals surface area contributed by atoms with E-state index in [-0.39, 0.29) is 16.8 Å². The van der Waals surface area contributed by atoms with Gasteiger partial charge in [-0.2, -0.15) is 0 Å². The van der Waals surface area contributed by atoms with Gasteiger partial charge in [-0.15, -0.1) is 5.10 Å². The number of aromatic amines is 1. The summed E-state index contributed by atoms with van der Waals surface area (Å²) in [4.78, 5) is 27.8. The molecule has 0 aliphatic heterocycles. The standard InChI is InChI=1S/C20H19N5O2/c1-13-9-10-16-15(12-13)22-20(27)18-17(23-24-25(16)18)19(26)21-11-5-8-14-6-3-2-4-7-14/h2-4,6-7,9-10,12H,5,8,11H2,1H3,(H,21,26)(H,22,27). The lowest BCUT2D eigenvalue weighted by Gasteiger charge is -2.04. The first-order valence-corrected chi connectivity index (χ1v) is 8.83. The topological polar surface area (TPSA) is 92.1 Å². The third kappa shape index (κ3) is 3.31. The summed E-state index contributed by atoms with van der Waals surface area (Å²) in [5.41, 5.74) is 3.42. The number of benzene rings is 2. The molecule has 2 aromatic carbocycles. The third-order valence-electron chi connectivity index (χ3n) is 4.50. The predicted octanol–water partition coefficient (Wildman–Crippen LogP) is 2.24. The second-order valence-corrected chi connectivity index (χ2v) is 6.52. The lowest BCUT2D eigenvalue weighted by Crippen LogP contribution is -2.26. The summed E-state index contributed by atoms with van der Waals surface area (Å²) in [6.07, 6.45) is 1.67. The maximum absolute atomic E-state index is 12.5. The van der Waals surface area contributed by atoms with E-state index in [9.17, 15) is 9.59 Å². The van der Waals surface area contributed by atoms with Crippen molar-refractivity contribution in [1.82, 2.24) is 25.1 Å². The summed E-state index contributed by atoms with van der Waals surface area (Å²) in [7, 11) is 0. The third-order valence-corrected chi connectivity index (χ3v) is 4.50. The Balaban J connectivity index is 1.54. The first kappa shape index (κ1) is 17.0. The zero-order valence-electron chi connectivity index (χ0n) is 14.9. The van der Waals surface area contributed by atoms with E-state index in [1.165, 1.54) is 10.1 Å². The van der Waals surface area contributed by atoms with Gasteiger partial charge in [-0.1, -0.05) is 41.6 Å². The van der Waals surface area contributed by atoms with E-state index in [4.69, 9.17) is 0 Å². The van der Waals surface area contributed by atoms with E-state index < -0.39 is 5.91 Å². The highest BCUT2D eigenvalue weighted by atomic mass is 16.2. The van der Waals surface area contributed by atoms with E-state index in [2.05, 4.69) is 32.7 Å². The summed E-state index contributed by atoms with van der Waals surface area (Å²) in [5.74, 6) is -0.393. The molecule has 0 aliphatic carbocycles. The van der Waals surface area contributed by atoms with Crippen LogP contribution >= 0.6 is 0 Å². The van der Waals surface area contributed by atoms with Gasteiger partial charge in [0.25, 0.3) is 11.5 Å². The van der Waals surface area contributed by atoms with E-state index >= 15 is 0 Å². The van der Waals surface area contributed by atoms with E-state index in [1.807, 2.05) is 43.3 Å². The molecule has 0 atom stereocenters. The molecule has 136 valence electrons. The highest BCUT2D eigenvalue weighted by Crippen LogP contribution is 2.14. The molecule has 2 aromatic heterocycles. The average Bonchev–Trinajstić information content (AvgIpc) is 3.12. The van der Waals surface area contributed by atoms with Crippen molar-refractivity contribution in [2.24, 2.45) is 0 Å². The van der Waals surface area contributed by atoms with E-state index in [0.717, 1.165) is 18.4 Å². The first-order valence-electron chi connectivity index (χ1n) is 8.83. The molecule has 0 unspecified atom stereocenters. The second kappa shape index (κ2) is 7.03. The van der Waals surface area contributed by atoms with Crippen molar-refractivity contribution in [3.63, 3.8) is 0 Å². The van der Waals surface area contributed by atoms with Crippen LogP contribution in [0.4, 0.5) is 0 Å². The fraction of sp³-hybridized carbons (Fsp3) is 0.200. The highest BCUT2D eigenvalue weighted by Gasteiger charge is 2.19. The molecule has 7 heteroatoms. The number of hydrogen-bond acceptors (Lipinski definition) is 4. The van der Waals surface area contributed by atoms with Crippen LogP contribution in [0, 0.1) is 6.92 Å². The smallest absolute Gasteiger partial charge is 0.277 e. The van der Waals surface area contributed by atoms with Crippen LogP contribution in [0.25, 0.3) is 16.6 Å². The molecule has 0 saturated heterocycles. The molecule has 27 heavy (non-hydrogen) atoms. The van der Waals surface area contributed by atoms with Crippen LogP contribution in [0.3, 0.4) is 0 Å². The monoisotopic (exact) mass is 361 g/mol. The Labute approximate surface area is 155 Å². The highest BCUT2D eigenvalue weighted by molar-refractivity contribution is 5.99. The zero-order valence-corrected chi connectivity index (χ0v) is 14.9. The number of aryl methyl sites for hydroxylation is 2. The number of H-pyrrole nitrogens is 1. The Morgan fingerprint density at radius 1 is 1.19 bits per heavy atom. The number of rotatable bonds is 5. The van der Waals surface area contributed by atoms with E-state index in [1.54, 1.807) is 0 Å². The number of fused-ring (bicyclic) bond motifs is 3. The lowest BCUT2D eigenvalue weighted by molar-refractivity contribution is 0.0949. The summed E-state index contributed by atoms with van der Waals surface area (Å²) < 4.78 is 1.42. The van der Waals surface area contributed by atoms with Gasteiger partial charge in [0.1, 0.15) is 0 Å². The van der Waals surface area contributed by atoms with E-state index in [0.29, 0.717) is 17.6 Å². The molecule has 4 rings (SSSR count). The van der Waals surface area contributed by atoms with Gasteiger partial charge in [0, 0.05) is 6.54 Å². The summed E-state index contributed by atoms with van der Waals surface area (Å²) in [6, 6.07) is 15.7. The molecule has 0 fully saturated rings. The Kier molecular flexibility index (Phi) is 4.42. The summed E-state index contributed by atoms with van der Waals surface area (Å²) in [6.45, 7) is 2.44. The number of nitrogens with one attached hydrogen (secondary N) is 2. The van der Waals surface area contributed by atoms with Gasteiger partial charge in [-0.25, -0.2) is 4.52 Å². The van der Waals surface area contributed by atoms with Gasteiger partial charge in [0.2, 0.25) is 0 Å². The summed E-state index contributed by atoms with van der Waals surface area (Å²) >= 11 is 0. The fourth-order valence-electron chi connectivity index (χ4n) is 3.15. The van der Waals surface area contributed by atoms with Gasteiger partial charge in [-0.3, -0.25) is 9.59 Å². The minimum absolute atomic E-state index is 0.0402. The van der Waals surface area contributed by atoms with Gasteiger partial charge in [-0.05, 0) is 43.0 Å². The predicted molar refractivity (Wildman–Crippen MR) is 103 cm³/mol. The van der Waals surface area contributed by atoms with Crippen LogP contribution in [-0.2, 0) is 6.42 Å². The number of carbonyl (C=O) groups excluding carboxylic acids is 1. The van der Waals surface area contributed by atoms with Crippen molar-refractivity contribution >= 4 is 22.5 Å². The quantitative estimate of drug-likeness (QED) is 0.533. The SMILES string of the molecule is Cc1ccc2c(c1)[nH]c(=O)c1c(C(=O)NCCCc3ccccc3)nnn12. The molecule has 1 amide bonds. The van der Waals surface area contributed by atoms with Crippen LogP contribution in [0.5, 0.6) is 0 Å². The maximum atomic E-state index is 12.5. The largest absolute Gasteiger partial charge is 0.351 e. The molecule has 0 spiro atoms. The minimum Gasteiger partial charge on any atom is -0.351 e.